The van der Waals surface area contributed by atoms with Gasteiger partial charge in [-0.05, 0) is 44.4 Å². The monoisotopic (exact) mass is 285 g/mol. The standard InChI is InChI=1S/C14H20FNO2S/c1-16-13-7-4-5-11(13)9-10-19(17,18)14-8-3-2-6-12(14)15/h2-3,6,8,11,13,16H,4-5,7,9-10H2,1H3. The van der Waals surface area contributed by atoms with Crippen molar-refractivity contribution < 1.29 is 12.8 Å². The Morgan fingerprint density at radius 3 is 2.74 bits per heavy atom. The highest BCUT2D eigenvalue weighted by Gasteiger charge is 2.28. The third-order valence-electron chi connectivity index (χ3n) is 3.96. The predicted octanol–water partition coefficient (Wildman–Crippen LogP) is 2.38. The summed E-state index contributed by atoms with van der Waals surface area (Å²) < 4.78 is 37.8. The van der Waals surface area contributed by atoms with Gasteiger partial charge in [0.1, 0.15) is 10.7 Å². The van der Waals surface area contributed by atoms with Crippen LogP contribution in [0.15, 0.2) is 29.2 Å². The molecule has 1 N–H and O–H groups in total. The second kappa shape index (κ2) is 6.01. The maximum absolute atomic E-state index is 13.5. The van der Waals surface area contributed by atoms with E-state index in [0.29, 0.717) is 18.4 Å². The molecule has 2 atom stereocenters. The number of rotatable bonds is 5. The van der Waals surface area contributed by atoms with Crippen LogP contribution in [0.25, 0.3) is 0 Å². The van der Waals surface area contributed by atoms with Crippen LogP contribution < -0.4 is 5.32 Å². The number of hydrogen-bond donors (Lipinski definition) is 1. The van der Waals surface area contributed by atoms with Crippen LogP contribution in [0.1, 0.15) is 25.7 Å². The maximum Gasteiger partial charge on any atom is 0.181 e. The van der Waals surface area contributed by atoms with Gasteiger partial charge in [-0.1, -0.05) is 18.6 Å². The van der Waals surface area contributed by atoms with Crippen LogP contribution in [0.2, 0.25) is 0 Å². The Labute approximate surface area is 114 Å². The molecule has 0 aliphatic heterocycles. The zero-order chi connectivity index (χ0) is 13.9. The molecular formula is C14H20FNO2S. The summed E-state index contributed by atoms with van der Waals surface area (Å²) in [5, 5.41) is 3.23. The van der Waals surface area contributed by atoms with Crippen LogP contribution in [0.4, 0.5) is 4.39 Å². The third kappa shape index (κ3) is 3.34. The summed E-state index contributed by atoms with van der Waals surface area (Å²) in [6.45, 7) is 0. The van der Waals surface area contributed by atoms with E-state index in [4.69, 9.17) is 0 Å². The van der Waals surface area contributed by atoms with Crippen LogP contribution in [-0.4, -0.2) is 27.3 Å². The molecule has 1 fully saturated rings. The van der Waals surface area contributed by atoms with E-state index in [9.17, 15) is 12.8 Å². The van der Waals surface area contributed by atoms with Crippen LogP contribution in [0, 0.1) is 11.7 Å². The van der Waals surface area contributed by atoms with Crippen LogP contribution >= 0.6 is 0 Å². The molecule has 1 aromatic rings. The summed E-state index contributed by atoms with van der Waals surface area (Å²) in [4.78, 5) is -0.172. The second-order valence-electron chi connectivity index (χ2n) is 5.12. The van der Waals surface area contributed by atoms with Crippen molar-refractivity contribution in [2.45, 2.75) is 36.6 Å². The van der Waals surface area contributed by atoms with Gasteiger partial charge in [0.15, 0.2) is 9.84 Å². The summed E-state index contributed by atoms with van der Waals surface area (Å²) in [5.41, 5.74) is 0. The fourth-order valence-electron chi connectivity index (χ4n) is 2.88. The third-order valence-corrected chi connectivity index (χ3v) is 5.73. The lowest BCUT2D eigenvalue weighted by Gasteiger charge is -2.18. The fourth-order valence-corrected chi connectivity index (χ4v) is 4.36. The van der Waals surface area contributed by atoms with Gasteiger partial charge in [-0.25, -0.2) is 12.8 Å². The number of sulfone groups is 1. The summed E-state index contributed by atoms with van der Waals surface area (Å²) >= 11 is 0. The molecule has 0 bridgehead atoms. The lowest BCUT2D eigenvalue weighted by molar-refractivity contribution is 0.414. The van der Waals surface area contributed by atoms with Gasteiger partial charge in [-0.15, -0.1) is 0 Å². The first kappa shape index (κ1) is 14.5. The summed E-state index contributed by atoms with van der Waals surface area (Å²) in [6.07, 6.45) is 3.89. The molecule has 1 saturated carbocycles. The number of nitrogens with one attached hydrogen (secondary N) is 1. The molecule has 0 heterocycles. The van der Waals surface area contributed by atoms with Crippen molar-refractivity contribution in [3.05, 3.63) is 30.1 Å². The molecule has 2 unspecified atom stereocenters. The minimum atomic E-state index is -3.51. The van der Waals surface area contributed by atoms with Gasteiger partial charge in [0, 0.05) is 6.04 Å². The smallest absolute Gasteiger partial charge is 0.181 e. The topological polar surface area (TPSA) is 46.2 Å². The predicted molar refractivity (Wildman–Crippen MR) is 73.3 cm³/mol. The van der Waals surface area contributed by atoms with E-state index in [2.05, 4.69) is 5.32 Å². The number of benzene rings is 1. The largest absolute Gasteiger partial charge is 0.317 e. The SMILES string of the molecule is CNC1CCCC1CCS(=O)(=O)c1ccccc1F. The maximum atomic E-state index is 13.5. The number of halogens is 1. The van der Waals surface area contributed by atoms with E-state index in [1.807, 2.05) is 7.05 Å². The average Bonchev–Trinajstić information content (AvgIpc) is 2.84. The van der Waals surface area contributed by atoms with E-state index in [1.165, 1.54) is 18.2 Å². The van der Waals surface area contributed by atoms with E-state index in [0.717, 1.165) is 19.3 Å². The molecule has 19 heavy (non-hydrogen) atoms. The highest BCUT2D eigenvalue weighted by atomic mass is 32.2. The summed E-state index contributed by atoms with van der Waals surface area (Å²) in [7, 11) is -1.60. The summed E-state index contributed by atoms with van der Waals surface area (Å²) in [6, 6.07) is 5.99. The Kier molecular flexibility index (Phi) is 4.58. The van der Waals surface area contributed by atoms with Crippen LogP contribution in [0.5, 0.6) is 0 Å². The Morgan fingerprint density at radius 2 is 2.05 bits per heavy atom. The quantitative estimate of drug-likeness (QED) is 0.903. The average molecular weight is 285 g/mol. The molecule has 106 valence electrons. The molecule has 1 aliphatic carbocycles. The molecule has 1 aliphatic rings. The van der Waals surface area contributed by atoms with Gasteiger partial charge in [-0.3, -0.25) is 0 Å². The highest BCUT2D eigenvalue weighted by molar-refractivity contribution is 7.91. The van der Waals surface area contributed by atoms with Crippen LogP contribution in [0.3, 0.4) is 0 Å². The molecule has 0 amide bonds. The van der Waals surface area contributed by atoms with Gasteiger partial charge in [0.05, 0.1) is 5.75 Å². The lowest BCUT2D eigenvalue weighted by Crippen LogP contribution is -2.30. The zero-order valence-corrected chi connectivity index (χ0v) is 11.9. The Hall–Kier alpha value is -0.940. The van der Waals surface area contributed by atoms with Crippen LogP contribution in [-0.2, 0) is 9.84 Å². The minimum Gasteiger partial charge on any atom is -0.317 e. The van der Waals surface area contributed by atoms with Crippen molar-refractivity contribution in [2.24, 2.45) is 5.92 Å². The molecule has 1 aromatic carbocycles. The highest BCUT2D eigenvalue weighted by Crippen LogP contribution is 2.29. The molecule has 0 radical (unpaired) electrons. The summed E-state index contributed by atoms with van der Waals surface area (Å²) in [5.74, 6) is -0.248. The fraction of sp³-hybridized carbons (Fsp3) is 0.571. The molecule has 3 nitrogen and oxygen atoms in total. The van der Waals surface area contributed by atoms with Gasteiger partial charge in [0.2, 0.25) is 0 Å². The van der Waals surface area contributed by atoms with Gasteiger partial charge < -0.3 is 5.32 Å². The number of hydrogen-bond acceptors (Lipinski definition) is 3. The van der Waals surface area contributed by atoms with Gasteiger partial charge >= 0.3 is 0 Å². The van der Waals surface area contributed by atoms with Gasteiger partial charge in [-0.2, -0.15) is 0 Å². The first-order valence-electron chi connectivity index (χ1n) is 6.69. The van der Waals surface area contributed by atoms with E-state index >= 15 is 0 Å². The zero-order valence-electron chi connectivity index (χ0n) is 11.1. The van der Waals surface area contributed by atoms with Crippen molar-refractivity contribution >= 4 is 9.84 Å². The molecule has 0 saturated heterocycles. The van der Waals surface area contributed by atoms with Crippen molar-refractivity contribution in [1.29, 1.82) is 0 Å². The minimum absolute atomic E-state index is 0.0246. The van der Waals surface area contributed by atoms with E-state index in [1.54, 1.807) is 6.07 Å². The Balaban J connectivity index is 2.04. The van der Waals surface area contributed by atoms with Gasteiger partial charge in [0.25, 0.3) is 0 Å². The second-order valence-corrected chi connectivity index (χ2v) is 7.20. The molecular weight excluding hydrogens is 265 g/mol. The molecule has 5 heteroatoms. The lowest BCUT2D eigenvalue weighted by atomic mass is 10.0. The normalized spacial score (nSPS) is 23.7. The molecule has 0 aromatic heterocycles. The van der Waals surface area contributed by atoms with E-state index in [-0.39, 0.29) is 10.6 Å². The van der Waals surface area contributed by atoms with Crippen molar-refractivity contribution in [3.8, 4) is 0 Å². The first-order valence-corrected chi connectivity index (χ1v) is 8.34. The Bertz CT molecular complexity index is 530. The Morgan fingerprint density at radius 1 is 1.32 bits per heavy atom. The van der Waals surface area contributed by atoms with E-state index < -0.39 is 15.7 Å². The van der Waals surface area contributed by atoms with Crippen molar-refractivity contribution in [2.75, 3.05) is 12.8 Å². The molecule has 0 spiro atoms. The molecule has 2 rings (SSSR count). The van der Waals surface area contributed by atoms with Crippen molar-refractivity contribution in [3.63, 3.8) is 0 Å². The first-order chi connectivity index (χ1) is 9.04. The van der Waals surface area contributed by atoms with Crippen molar-refractivity contribution in [1.82, 2.24) is 5.32 Å².